The zero-order valence-electron chi connectivity index (χ0n) is 38.5. The summed E-state index contributed by atoms with van der Waals surface area (Å²) in [6.45, 7) is 4.40. The highest BCUT2D eigenvalue weighted by molar-refractivity contribution is 7.47. The Hall–Kier alpha value is -1.51. The van der Waals surface area contributed by atoms with Crippen LogP contribution in [0.25, 0.3) is 0 Å². The number of nitrogens with zero attached hydrogens (tertiary/aromatic N) is 1. The molecule has 0 spiro atoms. The van der Waals surface area contributed by atoms with Gasteiger partial charge in [0.05, 0.1) is 27.7 Å². The van der Waals surface area contributed by atoms with Crippen LogP contribution in [0.4, 0.5) is 0 Å². The van der Waals surface area contributed by atoms with Gasteiger partial charge < -0.3 is 18.9 Å². The van der Waals surface area contributed by atoms with Crippen molar-refractivity contribution in [2.45, 2.75) is 225 Å². The molecule has 0 saturated heterocycles. The van der Waals surface area contributed by atoms with Gasteiger partial charge in [-0.15, -0.1) is 0 Å². The van der Waals surface area contributed by atoms with Gasteiger partial charge in [0.2, 0.25) is 0 Å². The van der Waals surface area contributed by atoms with E-state index in [2.05, 4.69) is 38.2 Å². The van der Waals surface area contributed by atoms with Crippen LogP contribution in [0.2, 0.25) is 0 Å². The highest BCUT2D eigenvalue weighted by atomic mass is 31.2. The molecule has 342 valence electrons. The van der Waals surface area contributed by atoms with Crippen LogP contribution in [-0.4, -0.2) is 74.9 Å². The molecule has 0 aromatic rings. The molecule has 0 amide bonds. The topological polar surface area (TPSA) is 108 Å². The molecule has 0 aromatic carbocycles. The van der Waals surface area contributed by atoms with Crippen molar-refractivity contribution in [1.29, 1.82) is 0 Å². The van der Waals surface area contributed by atoms with E-state index in [1.807, 2.05) is 21.1 Å². The average Bonchev–Trinajstić information content (AvgIpc) is 3.17. The first-order chi connectivity index (χ1) is 28.0. The van der Waals surface area contributed by atoms with Crippen molar-refractivity contribution in [3.63, 3.8) is 0 Å². The van der Waals surface area contributed by atoms with Crippen molar-refractivity contribution in [3.05, 3.63) is 24.3 Å². The standard InChI is InChI=1S/C48H92NO8P/c1-6-8-10-12-14-16-18-20-22-23-24-25-26-27-29-31-33-35-37-39-41-48(51)57-46(45-56-58(52,53)55-43-42-49(3,4)5)44-54-47(50)40-38-36-34-32-30-28-21-19-17-15-13-11-9-7-2/h13,15,19,21,46H,6-12,14,16-18,20,22-45H2,1-5H3/p+1/b15-13+,21-19+/t46-/m1/s1. The fourth-order valence-corrected chi connectivity index (χ4v) is 7.42. The normalized spacial score (nSPS) is 13.7. The summed E-state index contributed by atoms with van der Waals surface area (Å²) in [5, 5.41) is 0. The zero-order chi connectivity index (χ0) is 42.8. The SMILES string of the molecule is CCCC/C=C/C/C=C/CCCCCCCC(=O)OC[C@H](COP(=O)(O)OCC[N+](C)(C)C)OC(=O)CCCCCCCCCCCCCCCCCCCCCC. The lowest BCUT2D eigenvalue weighted by atomic mass is 10.0. The van der Waals surface area contributed by atoms with Crippen molar-refractivity contribution >= 4 is 19.8 Å². The summed E-state index contributed by atoms with van der Waals surface area (Å²) in [7, 11) is 1.48. The molecule has 0 rings (SSSR count). The second-order valence-electron chi connectivity index (χ2n) is 17.5. The quantitative estimate of drug-likeness (QED) is 0.0212. The van der Waals surface area contributed by atoms with E-state index in [0.717, 1.165) is 57.8 Å². The van der Waals surface area contributed by atoms with Crippen molar-refractivity contribution < 1.29 is 42.1 Å². The van der Waals surface area contributed by atoms with Crippen LogP contribution >= 0.6 is 7.82 Å². The number of quaternary nitrogens is 1. The molecule has 0 aliphatic heterocycles. The van der Waals surface area contributed by atoms with Gasteiger partial charge in [0.15, 0.2) is 6.10 Å². The Kier molecular flexibility index (Phi) is 39.8. The van der Waals surface area contributed by atoms with E-state index in [4.69, 9.17) is 18.5 Å². The van der Waals surface area contributed by atoms with Crippen LogP contribution in [0.3, 0.4) is 0 Å². The highest BCUT2D eigenvalue weighted by Gasteiger charge is 2.27. The summed E-state index contributed by atoms with van der Waals surface area (Å²) >= 11 is 0. The molecule has 10 heteroatoms. The number of ether oxygens (including phenoxy) is 2. The minimum atomic E-state index is -4.38. The van der Waals surface area contributed by atoms with Gasteiger partial charge in [-0.2, -0.15) is 0 Å². The Morgan fingerprint density at radius 1 is 0.534 bits per heavy atom. The monoisotopic (exact) mass is 843 g/mol. The molecule has 58 heavy (non-hydrogen) atoms. The average molecular weight is 843 g/mol. The first-order valence-electron chi connectivity index (χ1n) is 24.1. The Morgan fingerprint density at radius 2 is 0.948 bits per heavy atom. The summed E-state index contributed by atoms with van der Waals surface area (Å²) in [5.41, 5.74) is 0. The molecular formula is C48H93NO8P+. The number of carbonyl (C=O) groups is 2. The number of esters is 2. The Balaban J connectivity index is 4.26. The van der Waals surface area contributed by atoms with E-state index < -0.39 is 26.5 Å². The smallest absolute Gasteiger partial charge is 0.462 e. The van der Waals surface area contributed by atoms with Gasteiger partial charge >= 0.3 is 19.8 Å². The van der Waals surface area contributed by atoms with Gasteiger partial charge in [0.1, 0.15) is 19.8 Å². The molecule has 0 bridgehead atoms. The van der Waals surface area contributed by atoms with E-state index >= 15 is 0 Å². The molecule has 0 heterocycles. The number of hydrogen-bond acceptors (Lipinski definition) is 7. The molecule has 0 fully saturated rings. The van der Waals surface area contributed by atoms with Gasteiger partial charge in [0, 0.05) is 12.8 Å². The maximum atomic E-state index is 12.7. The molecule has 0 aromatic heterocycles. The predicted octanol–water partition coefficient (Wildman–Crippen LogP) is 13.9. The molecule has 9 nitrogen and oxygen atoms in total. The summed E-state index contributed by atoms with van der Waals surface area (Å²) in [6, 6.07) is 0. The third kappa shape index (κ3) is 44.1. The van der Waals surface area contributed by atoms with Crippen LogP contribution in [-0.2, 0) is 32.7 Å². The van der Waals surface area contributed by atoms with Crippen LogP contribution < -0.4 is 0 Å². The molecule has 2 atom stereocenters. The van der Waals surface area contributed by atoms with Crippen molar-refractivity contribution in [2.75, 3.05) is 47.5 Å². The van der Waals surface area contributed by atoms with Gasteiger partial charge in [-0.3, -0.25) is 18.6 Å². The van der Waals surface area contributed by atoms with E-state index in [-0.39, 0.29) is 32.0 Å². The fraction of sp³-hybridized carbons (Fsp3) is 0.875. The number of carbonyl (C=O) groups excluding carboxylic acids is 2. The second-order valence-corrected chi connectivity index (χ2v) is 19.0. The lowest BCUT2D eigenvalue weighted by Gasteiger charge is -2.24. The van der Waals surface area contributed by atoms with E-state index in [1.165, 1.54) is 128 Å². The first-order valence-corrected chi connectivity index (χ1v) is 25.6. The molecular weight excluding hydrogens is 750 g/mol. The predicted molar refractivity (Wildman–Crippen MR) is 243 cm³/mol. The number of phosphoric ester groups is 1. The highest BCUT2D eigenvalue weighted by Crippen LogP contribution is 2.43. The number of likely N-dealkylation sites (N-methyl/N-ethyl adjacent to an activating group) is 1. The minimum absolute atomic E-state index is 0.0314. The van der Waals surface area contributed by atoms with Crippen LogP contribution in [0.1, 0.15) is 219 Å². The Bertz CT molecular complexity index is 1040. The largest absolute Gasteiger partial charge is 0.472 e. The lowest BCUT2D eigenvalue weighted by Crippen LogP contribution is -2.37. The molecule has 0 radical (unpaired) electrons. The van der Waals surface area contributed by atoms with Crippen molar-refractivity contribution in [2.24, 2.45) is 0 Å². The minimum Gasteiger partial charge on any atom is -0.462 e. The molecule has 0 aliphatic carbocycles. The van der Waals surface area contributed by atoms with Crippen LogP contribution in [0.15, 0.2) is 24.3 Å². The van der Waals surface area contributed by atoms with E-state index in [1.54, 1.807) is 0 Å². The number of unbranched alkanes of at least 4 members (excludes halogenated alkanes) is 26. The third-order valence-corrected chi connectivity index (χ3v) is 11.5. The summed E-state index contributed by atoms with van der Waals surface area (Å²) < 4.78 is 34.4. The third-order valence-electron chi connectivity index (χ3n) is 10.5. The zero-order valence-corrected chi connectivity index (χ0v) is 39.4. The summed E-state index contributed by atoms with van der Waals surface area (Å²) in [5.74, 6) is -0.805. The molecule has 1 unspecified atom stereocenters. The molecule has 1 N–H and O–H groups in total. The maximum absolute atomic E-state index is 12.7. The lowest BCUT2D eigenvalue weighted by molar-refractivity contribution is -0.870. The van der Waals surface area contributed by atoms with E-state index in [9.17, 15) is 19.0 Å². The van der Waals surface area contributed by atoms with Gasteiger partial charge in [-0.25, -0.2) is 4.57 Å². The first kappa shape index (κ1) is 56.5. The van der Waals surface area contributed by atoms with Gasteiger partial charge in [-0.1, -0.05) is 192 Å². The molecule has 0 aliphatic rings. The van der Waals surface area contributed by atoms with Crippen LogP contribution in [0.5, 0.6) is 0 Å². The Morgan fingerprint density at radius 3 is 1.41 bits per heavy atom. The van der Waals surface area contributed by atoms with Gasteiger partial charge in [-0.05, 0) is 38.5 Å². The van der Waals surface area contributed by atoms with Crippen molar-refractivity contribution in [3.8, 4) is 0 Å². The fourth-order valence-electron chi connectivity index (χ4n) is 6.68. The Labute approximate surface area is 358 Å². The van der Waals surface area contributed by atoms with Crippen molar-refractivity contribution in [1.82, 2.24) is 0 Å². The number of rotatable bonds is 44. The summed E-state index contributed by atoms with van der Waals surface area (Å²) in [4.78, 5) is 35.4. The maximum Gasteiger partial charge on any atom is 0.472 e. The van der Waals surface area contributed by atoms with Gasteiger partial charge in [0.25, 0.3) is 0 Å². The molecule has 0 saturated carbocycles. The van der Waals surface area contributed by atoms with Crippen LogP contribution in [0, 0.1) is 0 Å². The van der Waals surface area contributed by atoms with E-state index in [0.29, 0.717) is 17.4 Å². The second kappa shape index (κ2) is 40.9. The summed E-state index contributed by atoms with van der Waals surface area (Å²) in [6.07, 6.45) is 45.1. The number of phosphoric acid groups is 1. The number of hydrogen-bond donors (Lipinski definition) is 1. The number of allylic oxidation sites excluding steroid dienone is 4.